The molecule has 3 nitrogen and oxygen atoms in total. The van der Waals surface area contributed by atoms with Crippen molar-refractivity contribution < 1.29 is 4.52 Å². The number of hydrogen-bond acceptors (Lipinski definition) is 3. The molecule has 1 aliphatic heterocycles. The van der Waals surface area contributed by atoms with Gasteiger partial charge < -0.3 is 9.84 Å². The third-order valence-electron chi connectivity index (χ3n) is 2.71. The molecule has 1 N–H and O–H groups in total. The lowest BCUT2D eigenvalue weighted by Gasteiger charge is -2.11. The molecule has 0 atom stereocenters. The molecule has 0 unspecified atom stereocenters. The average Bonchev–Trinajstić information content (AvgIpc) is 2.74. The smallest absolute Gasteiger partial charge is 0.167 e. The Morgan fingerprint density at radius 3 is 3.07 bits per heavy atom. The maximum atomic E-state index is 5.28. The Kier molecular flexibility index (Phi) is 2.03. The van der Waals surface area contributed by atoms with E-state index in [0.717, 1.165) is 36.2 Å². The van der Waals surface area contributed by atoms with Gasteiger partial charge in [0, 0.05) is 11.9 Å². The third kappa shape index (κ3) is 1.45. The van der Waals surface area contributed by atoms with Crippen molar-refractivity contribution >= 4 is 16.5 Å². The standard InChI is InChI=1S/C12H12N2O/c1-2-6-11-10(5-1)12(14-15-11)9-4-3-7-13-8-9/h1-2,4-6,13H,3,7-8H2. The van der Waals surface area contributed by atoms with Crippen LogP contribution in [0.25, 0.3) is 16.5 Å². The highest BCUT2D eigenvalue weighted by atomic mass is 16.5. The molecule has 1 aromatic carbocycles. The first-order valence-electron chi connectivity index (χ1n) is 5.20. The fourth-order valence-corrected chi connectivity index (χ4v) is 1.94. The normalized spacial score (nSPS) is 16.7. The molecule has 0 bridgehead atoms. The largest absolute Gasteiger partial charge is 0.356 e. The Balaban J connectivity index is 2.14. The maximum absolute atomic E-state index is 5.28. The Hall–Kier alpha value is -1.61. The van der Waals surface area contributed by atoms with Crippen LogP contribution in [0, 0.1) is 0 Å². The summed E-state index contributed by atoms with van der Waals surface area (Å²) in [4.78, 5) is 0. The van der Waals surface area contributed by atoms with E-state index in [-0.39, 0.29) is 0 Å². The molecule has 1 aliphatic rings. The average molecular weight is 200 g/mol. The number of nitrogens with zero attached hydrogens (tertiary/aromatic N) is 1. The van der Waals surface area contributed by atoms with Gasteiger partial charge in [0.2, 0.25) is 0 Å². The lowest BCUT2D eigenvalue weighted by atomic mass is 10.0. The molecular weight excluding hydrogens is 188 g/mol. The molecule has 0 aliphatic carbocycles. The molecular formula is C12H12N2O. The summed E-state index contributed by atoms with van der Waals surface area (Å²) in [5.74, 6) is 0. The van der Waals surface area contributed by atoms with Gasteiger partial charge in [-0.25, -0.2) is 0 Å². The summed E-state index contributed by atoms with van der Waals surface area (Å²) in [6.45, 7) is 1.94. The quantitative estimate of drug-likeness (QED) is 0.767. The Labute approximate surface area is 87.8 Å². The number of benzene rings is 1. The Morgan fingerprint density at radius 2 is 2.20 bits per heavy atom. The number of fused-ring (bicyclic) bond motifs is 1. The van der Waals surface area contributed by atoms with Crippen LogP contribution >= 0.6 is 0 Å². The molecule has 3 rings (SSSR count). The molecule has 0 spiro atoms. The SMILES string of the molecule is C1=C(c2noc3ccccc23)CNCC1. The number of hydrogen-bond donors (Lipinski definition) is 1. The van der Waals surface area contributed by atoms with E-state index < -0.39 is 0 Å². The molecule has 0 radical (unpaired) electrons. The summed E-state index contributed by atoms with van der Waals surface area (Å²) in [7, 11) is 0. The van der Waals surface area contributed by atoms with Crippen molar-refractivity contribution in [1.82, 2.24) is 10.5 Å². The Morgan fingerprint density at radius 1 is 1.27 bits per heavy atom. The van der Waals surface area contributed by atoms with E-state index in [0.29, 0.717) is 0 Å². The predicted octanol–water partition coefficient (Wildman–Crippen LogP) is 2.20. The lowest BCUT2D eigenvalue weighted by Crippen LogP contribution is -2.21. The molecule has 1 aromatic heterocycles. The van der Waals surface area contributed by atoms with Crippen molar-refractivity contribution in [3.8, 4) is 0 Å². The molecule has 0 saturated carbocycles. The van der Waals surface area contributed by atoms with Gasteiger partial charge in [-0.1, -0.05) is 23.4 Å². The van der Waals surface area contributed by atoms with Crippen LogP contribution in [0.5, 0.6) is 0 Å². The maximum Gasteiger partial charge on any atom is 0.167 e. The highest BCUT2D eigenvalue weighted by molar-refractivity contribution is 5.89. The molecule has 2 aromatic rings. The molecule has 3 heteroatoms. The minimum atomic E-state index is 0.860. The fraction of sp³-hybridized carbons (Fsp3) is 0.250. The van der Waals surface area contributed by atoms with E-state index in [1.165, 1.54) is 5.57 Å². The summed E-state index contributed by atoms with van der Waals surface area (Å²) in [5.41, 5.74) is 3.09. The molecule has 15 heavy (non-hydrogen) atoms. The number of nitrogens with one attached hydrogen (secondary N) is 1. The zero-order valence-electron chi connectivity index (χ0n) is 8.36. The highest BCUT2D eigenvalue weighted by Gasteiger charge is 2.13. The second-order valence-electron chi connectivity index (χ2n) is 3.72. The van der Waals surface area contributed by atoms with Crippen molar-refractivity contribution in [3.05, 3.63) is 36.0 Å². The van der Waals surface area contributed by atoms with Crippen LogP contribution in [0.15, 0.2) is 34.9 Å². The minimum absolute atomic E-state index is 0.860. The second-order valence-corrected chi connectivity index (χ2v) is 3.72. The van der Waals surface area contributed by atoms with E-state index in [1.54, 1.807) is 0 Å². The first-order valence-corrected chi connectivity index (χ1v) is 5.20. The van der Waals surface area contributed by atoms with Crippen LogP contribution in [-0.4, -0.2) is 18.2 Å². The van der Waals surface area contributed by atoms with Crippen molar-refractivity contribution in [2.45, 2.75) is 6.42 Å². The fourth-order valence-electron chi connectivity index (χ4n) is 1.94. The van der Waals surface area contributed by atoms with E-state index >= 15 is 0 Å². The van der Waals surface area contributed by atoms with Gasteiger partial charge in [-0.15, -0.1) is 0 Å². The summed E-state index contributed by atoms with van der Waals surface area (Å²) in [6, 6.07) is 7.98. The molecule has 0 fully saturated rings. The molecule has 0 amide bonds. The van der Waals surface area contributed by atoms with Crippen LogP contribution in [0.1, 0.15) is 12.1 Å². The summed E-state index contributed by atoms with van der Waals surface area (Å²) >= 11 is 0. The van der Waals surface area contributed by atoms with E-state index in [1.807, 2.05) is 18.2 Å². The summed E-state index contributed by atoms with van der Waals surface area (Å²) in [5, 5.41) is 8.58. The number of rotatable bonds is 1. The van der Waals surface area contributed by atoms with Gasteiger partial charge in [0.05, 0.1) is 0 Å². The van der Waals surface area contributed by atoms with Crippen LogP contribution in [0.4, 0.5) is 0 Å². The highest BCUT2D eigenvalue weighted by Crippen LogP contribution is 2.25. The van der Waals surface area contributed by atoms with Crippen molar-refractivity contribution in [3.63, 3.8) is 0 Å². The zero-order valence-corrected chi connectivity index (χ0v) is 8.36. The molecule has 0 saturated heterocycles. The van der Waals surface area contributed by atoms with Gasteiger partial charge in [0.25, 0.3) is 0 Å². The van der Waals surface area contributed by atoms with E-state index in [9.17, 15) is 0 Å². The van der Waals surface area contributed by atoms with Gasteiger partial charge >= 0.3 is 0 Å². The number of aromatic nitrogens is 1. The van der Waals surface area contributed by atoms with Gasteiger partial charge in [-0.3, -0.25) is 0 Å². The van der Waals surface area contributed by atoms with Crippen LogP contribution in [0.2, 0.25) is 0 Å². The van der Waals surface area contributed by atoms with Crippen molar-refractivity contribution in [1.29, 1.82) is 0 Å². The van der Waals surface area contributed by atoms with Crippen molar-refractivity contribution in [2.24, 2.45) is 0 Å². The molecule has 76 valence electrons. The topological polar surface area (TPSA) is 38.1 Å². The monoisotopic (exact) mass is 200 g/mol. The van der Waals surface area contributed by atoms with Gasteiger partial charge in [-0.05, 0) is 30.7 Å². The summed E-state index contributed by atoms with van der Waals surface area (Å²) in [6.07, 6.45) is 3.30. The predicted molar refractivity (Wildman–Crippen MR) is 59.5 cm³/mol. The van der Waals surface area contributed by atoms with Gasteiger partial charge in [-0.2, -0.15) is 0 Å². The van der Waals surface area contributed by atoms with Crippen molar-refractivity contribution in [2.75, 3.05) is 13.1 Å². The first kappa shape index (κ1) is 8.68. The minimum Gasteiger partial charge on any atom is -0.356 e. The first-order chi connectivity index (χ1) is 7.45. The van der Waals surface area contributed by atoms with Gasteiger partial charge in [0.15, 0.2) is 5.58 Å². The Bertz CT molecular complexity index is 513. The number of para-hydroxylation sites is 1. The van der Waals surface area contributed by atoms with Crippen LogP contribution in [-0.2, 0) is 0 Å². The van der Waals surface area contributed by atoms with E-state index in [4.69, 9.17) is 4.52 Å². The second kappa shape index (κ2) is 3.51. The van der Waals surface area contributed by atoms with Crippen LogP contribution < -0.4 is 5.32 Å². The third-order valence-corrected chi connectivity index (χ3v) is 2.71. The lowest BCUT2D eigenvalue weighted by molar-refractivity contribution is 0.453. The van der Waals surface area contributed by atoms with Gasteiger partial charge in [0.1, 0.15) is 5.69 Å². The summed E-state index contributed by atoms with van der Waals surface area (Å²) < 4.78 is 5.28. The zero-order chi connectivity index (χ0) is 10.1. The van der Waals surface area contributed by atoms with E-state index in [2.05, 4.69) is 22.6 Å². The molecule has 2 heterocycles. The van der Waals surface area contributed by atoms with Crippen LogP contribution in [0.3, 0.4) is 0 Å².